The lowest BCUT2D eigenvalue weighted by Crippen LogP contribution is -2.17. The lowest BCUT2D eigenvalue weighted by molar-refractivity contribution is 0.202. The fourth-order valence-corrected chi connectivity index (χ4v) is 2.67. The van der Waals surface area contributed by atoms with E-state index in [0.717, 1.165) is 29.3 Å². The minimum Gasteiger partial charge on any atom is -0.474 e. The number of rotatable bonds is 3. The maximum absolute atomic E-state index is 6.00. The van der Waals surface area contributed by atoms with Crippen LogP contribution in [0.1, 0.15) is 31.2 Å². The summed E-state index contributed by atoms with van der Waals surface area (Å²) in [5.41, 5.74) is 7.44. The van der Waals surface area contributed by atoms with Gasteiger partial charge in [-0.25, -0.2) is 4.98 Å². The molecule has 4 heteroatoms. The van der Waals surface area contributed by atoms with Gasteiger partial charge in [-0.2, -0.15) is 0 Å². The third-order valence-corrected chi connectivity index (χ3v) is 3.75. The van der Waals surface area contributed by atoms with Crippen LogP contribution in [-0.4, -0.2) is 16.1 Å². The van der Waals surface area contributed by atoms with E-state index in [1.54, 1.807) is 0 Å². The Morgan fingerprint density at radius 1 is 1.26 bits per heavy atom. The summed E-state index contributed by atoms with van der Waals surface area (Å²) in [5, 5.41) is 1.03. The number of para-hydroxylation sites is 1. The van der Waals surface area contributed by atoms with Crippen molar-refractivity contribution in [2.75, 3.05) is 0 Å². The average Bonchev–Trinajstić information content (AvgIpc) is 2.90. The number of hydrogen-bond donors (Lipinski definition) is 1. The fourth-order valence-electron chi connectivity index (χ4n) is 2.53. The summed E-state index contributed by atoms with van der Waals surface area (Å²) in [6, 6.07) is 9.89. The van der Waals surface area contributed by atoms with Gasteiger partial charge in [-0.3, -0.25) is 0 Å². The van der Waals surface area contributed by atoms with Crippen LogP contribution < -0.4 is 10.5 Å². The summed E-state index contributed by atoms with van der Waals surface area (Å²) in [6.07, 6.45) is 4.87. The molecule has 0 amide bonds. The third kappa shape index (κ3) is 2.54. The second kappa shape index (κ2) is 5.13. The number of ether oxygens (including phenoxy) is 1. The molecule has 0 bridgehead atoms. The maximum atomic E-state index is 6.00. The molecule has 0 unspecified atom stereocenters. The van der Waals surface area contributed by atoms with Crippen molar-refractivity contribution >= 4 is 28.1 Å². The molecule has 0 spiro atoms. The second-order valence-electron chi connectivity index (χ2n) is 4.92. The minimum atomic E-state index is 0.252. The topological polar surface area (TPSA) is 48.1 Å². The first-order valence-electron chi connectivity index (χ1n) is 6.60. The van der Waals surface area contributed by atoms with E-state index >= 15 is 0 Å². The van der Waals surface area contributed by atoms with E-state index < -0.39 is 0 Å². The van der Waals surface area contributed by atoms with Crippen LogP contribution in [0, 0.1) is 0 Å². The normalized spacial score (nSPS) is 15.8. The molecular formula is C15H16N2OS. The number of benzene rings is 1. The summed E-state index contributed by atoms with van der Waals surface area (Å²) in [7, 11) is 0. The molecule has 0 atom stereocenters. The molecule has 3 rings (SSSR count). The van der Waals surface area contributed by atoms with Gasteiger partial charge in [-0.1, -0.05) is 30.4 Å². The molecule has 0 radical (unpaired) electrons. The Bertz CT molecular complexity index is 621. The molecule has 19 heavy (non-hydrogen) atoms. The van der Waals surface area contributed by atoms with E-state index in [2.05, 4.69) is 4.98 Å². The number of nitrogens with zero attached hydrogens (tertiary/aromatic N) is 1. The number of fused-ring (bicyclic) bond motifs is 1. The summed E-state index contributed by atoms with van der Waals surface area (Å²) in [6.45, 7) is 0. The predicted molar refractivity (Wildman–Crippen MR) is 80.5 cm³/mol. The highest BCUT2D eigenvalue weighted by Gasteiger charge is 2.20. The van der Waals surface area contributed by atoms with Gasteiger partial charge in [0.2, 0.25) is 5.88 Å². The van der Waals surface area contributed by atoms with Crippen molar-refractivity contribution in [2.45, 2.75) is 31.8 Å². The van der Waals surface area contributed by atoms with Crippen LogP contribution in [0.5, 0.6) is 5.88 Å². The molecule has 1 saturated carbocycles. The van der Waals surface area contributed by atoms with Gasteiger partial charge in [-0.05, 0) is 37.8 Å². The number of aromatic nitrogens is 1. The van der Waals surface area contributed by atoms with Gasteiger partial charge < -0.3 is 10.5 Å². The number of thiocarbonyl (C=S) groups is 1. The maximum Gasteiger partial charge on any atom is 0.224 e. The van der Waals surface area contributed by atoms with Crippen LogP contribution in [-0.2, 0) is 0 Å². The SMILES string of the molecule is NC(=S)c1cc2ccccc2nc1OC1CCCC1. The van der Waals surface area contributed by atoms with Crippen molar-refractivity contribution in [1.29, 1.82) is 0 Å². The molecule has 1 aliphatic rings. The molecule has 98 valence electrons. The Balaban J connectivity index is 2.04. The summed E-state index contributed by atoms with van der Waals surface area (Å²) in [5.74, 6) is 0.582. The third-order valence-electron chi connectivity index (χ3n) is 3.53. The van der Waals surface area contributed by atoms with E-state index in [9.17, 15) is 0 Å². The van der Waals surface area contributed by atoms with Crippen molar-refractivity contribution in [3.8, 4) is 5.88 Å². The first-order chi connectivity index (χ1) is 9.24. The van der Waals surface area contributed by atoms with Crippen molar-refractivity contribution < 1.29 is 4.74 Å². The van der Waals surface area contributed by atoms with E-state index in [4.69, 9.17) is 22.7 Å². The molecule has 1 aromatic heterocycles. The average molecular weight is 272 g/mol. The lowest BCUT2D eigenvalue weighted by Gasteiger charge is -2.15. The van der Waals surface area contributed by atoms with E-state index in [1.807, 2.05) is 30.3 Å². The van der Waals surface area contributed by atoms with Crippen LogP contribution in [0.15, 0.2) is 30.3 Å². The summed E-state index contributed by atoms with van der Waals surface area (Å²) >= 11 is 5.11. The van der Waals surface area contributed by atoms with Gasteiger partial charge in [0.1, 0.15) is 11.1 Å². The Morgan fingerprint density at radius 2 is 2.00 bits per heavy atom. The van der Waals surface area contributed by atoms with Crippen LogP contribution >= 0.6 is 12.2 Å². The van der Waals surface area contributed by atoms with Crippen molar-refractivity contribution in [3.63, 3.8) is 0 Å². The van der Waals surface area contributed by atoms with Gasteiger partial charge in [0, 0.05) is 5.39 Å². The van der Waals surface area contributed by atoms with Gasteiger partial charge >= 0.3 is 0 Å². The Labute approximate surface area is 117 Å². The number of nitrogens with two attached hydrogens (primary N) is 1. The van der Waals surface area contributed by atoms with Crippen molar-refractivity contribution in [2.24, 2.45) is 5.73 Å². The summed E-state index contributed by atoms with van der Waals surface area (Å²) < 4.78 is 6.00. The first-order valence-corrected chi connectivity index (χ1v) is 7.01. The highest BCUT2D eigenvalue weighted by atomic mass is 32.1. The quantitative estimate of drug-likeness (QED) is 0.872. The Morgan fingerprint density at radius 3 is 2.74 bits per heavy atom. The monoisotopic (exact) mass is 272 g/mol. The van der Waals surface area contributed by atoms with Crippen molar-refractivity contribution in [3.05, 3.63) is 35.9 Å². The summed E-state index contributed by atoms with van der Waals surface area (Å²) in [4.78, 5) is 4.91. The van der Waals surface area contributed by atoms with Gasteiger partial charge in [0.15, 0.2) is 0 Å². The molecule has 2 N–H and O–H groups in total. The van der Waals surface area contributed by atoms with Gasteiger partial charge in [-0.15, -0.1) is 0 Å². The molecular weight excluding hydrogens is 256 g/mol. The molecule has 2 aromatic rings. The Kier molecular flexibility index (Phi) is 3.34. The Hall–Kier alpha value is -1.68. The molecule has 0 aliphatic heterocycles. The number of hydrogen-bond acceptors (Lipinski definition) is 3. The zero-order valence-corrected chi connectivity index (χ0v) is 11.5. The molecule has 1 heterocycles. The van der Waals surface area contributed by atoms with Gasteiger partial charge in [0.25, 0.3) is 0 Å². The number of pyridine rings is 1. The van der Waals surface area contributed by atoms with Crippen LogP contribution in [0.25, 0.3) is 10.9 Å². The largest absolute Gasteiger partial charge is 0.474 e. The molecule has 0 saturated heterocycles. The van der Waals surface area contributed by atoms with Crippen molar-refractivity contribution in [1.82, 2.24) is 4.98 Å². The highest BCUT2D eigenvalue weighted by molar-refractivity contribution is 7.80. The van der Waals surface area contributed by atoms with Crippen LogP contribution in [0.2, 0.25) is 0 Å². The van der Waals surface area contributed by atoms with E-state index in [1.165, 1.54) is 12.8 Å². The molecule has 1 fully saturated rings. The standard InChI is InChI=1S/C15H16N2OS/c16-14(19)12-9-10-5-1-4-8-13(10)17-15(12)18-11-6-2-3-7-11/h1,4-5,8-9,11H,2-3,6-7H2,(H2,16,19). The zero-order valence-electron chi connectivity index (χ0n) is 10.6. The second-order valence-corrected chi connectivity index (χ2v) is 5.36. The fraction of sp³-hybridized carbons (Fsp3) is 0.333. The smallest absolute Gasteiger partial charge is 0.224 e. The predicted octanol–water partition coefficient (Wildman–Crippen LogP) is 3.19. The zero-order chi connectivity index (χ0) is 13.2. The molecule has 1 aliphatic carbocycles. The molecule has 1 aromatic carbocycles. The minimum absolute atomic E-state index is 0.252. The van der Waals surface area contributed by atoms with Gasteiger partial charge in [0.05, 0.1) is 11.1 Å². The highest BCUT2D eigenvalue weighted by Crippen LogP contribution is 2.27. The molecule has 3 nitrogen and oxygen atoms in total. The first kappa shape index (κ1) is 12.4. The van der Waals surface area contributed by atoms with Crippen LogP contribution in [0.4, 0.5) is 0 Å². The van der Waals surface area contributed by atoms with E-state index in [-0.39, 0.29) is 6.10 Å². The van der Waals surface area contributed by atoms with E-state index in [0.29, 0.717) is 10.9 Å². The lowest BCUT2D eigenvalue weighted by atomic mass is 10.1. The van der Waals surface area contributed by atoms with Crippen LogP contribution in [0.3, 0.4) is 0 Å².